The van der Waals surface area contributed by atoms with Gasteiger partial charge in [0.05, 0.1) is 12.2 Å². The number of benzene rings is 2. The quantitative estimate of drug-likeness (QED) is 0.754. The Bertz CT molecular complexity index is 737. The van der Waals surface area contributed by atoms with Crippen LogP contribution in [0.5, 0.6) is 0 Å². The Balaban J connectivity index is 1.47. The molecule has 0 aliphatic carbocycles. The van der Waals surface area contributed by atoms with Gasteiger partial charge in [-0.2, -0.15) is 0 Å². The number of amides is 1. The molecule has 0 unspecified atom stereocenters. The second kappa shape index (κ2) is 10.4. The van der Waals surface area contributed by atoms with E-state index in [2.05, 4.69) is 54.4 Å². The highest BCUT2D eigenvalue weighted by Gasteiger charge is 2.22. The first-order valence-corrected chi connectivity index (χ1v) is 10.4. The van der Waals surface area contributed by atoms with Crippen LogP contribution in [0.25, 0.3) is 0 Å². The summed E-state index contributed by atoms with van der Waals surface area (Å²) in [5.41, 5.74) is 3.77. The molecule has 0 saturated carbocycles. The number of carbonyl (C=O) groups is 1. The maximum atomic E-state index is 12.3. The van der Waals surface area contributed by atoms with Gasteiger partial charge in [0, 0.05) is 32.6 Å². The topological polar surface area (TPSA) is 41.6 Å². The molecule has 2 atom stereocenters. The number of carbonyl (C=O) groups excluding carboxylic acids is 1. The maximum Gasteiger partial charge on any atom is 0.220 e. The predicted octanol–water partition coefficient (Wildman–Crippen LogP) is 3.93. The molecular weight excluding hydrogens is 348 g/mol. The van der Waals surface area contributed by atoms with Crippen LogP contribution in [0.3, 0.4) is 0 Å². The average molecular weight is 381 g/mol. The van der Waals surface area contributed by atoms with Crippen LogP contribution in [0.15, 0.2) is 54.6 Å². The standard InChI is InChI=1S/C24H32N2O2/c1-19-16-26(17-20(2)28-19)18-23-13-7-6-12-22(23)15-25-24(27)14-8-11-21-9-4-3-5-10-21/h3-7,9-10,12-13,19-20H,8,11,14-18H2,1-2H3,(H,25,27)/t19-,20+. The van der Waals surface area contributed by atoms with Gasteiger partial charge in [0.15, 0.2) is 0 Å². The normalized spacial score (nSPS) is 20.1. The summed E-state index contributed by atoms with van der Waals surface area (Å²) in [7, 11) is 0. The highest BCUT2D eigenvalue weighted by atomic mass is 16.5. The van der Waals surface area contributed by atoms with Gasteiger partial charge in [0.2, 0.25) is 5.91 Å². The third kappa shape index (κ3) is 6.47. The predicted molar refractivity (Wildman–Crippen MR) is 113 cm³/mol. The van der Waals surface area contributed by atoms with E-state index >= 15 is 0 Å². The van der Waals surface area contributed by atoms with Crippen molar-refractivity contribution in [3.63, 3.8) is 0 Å². The first-order valence-electron chi connectivity index (χ1n) is 10.4. The van der Waals surface area contributed by atoms with Gasteiger partial charge in [-0.1, -0.05) is 54.6 Å². The lowest BCUT2D eigenvalue weighted by atomic mass is 10.1. The van der Waals surface area contributed by atoms with E-state index in [-0.39, 0.29) is 18.1 Å². The van der Waals surface area contributed by atoms with Crippen molar-refractivity contribution in [2.75, 3.05) is 13.1 Å². The number of nitrogens with one attached hydrogen (secondary N) is 1. The van der Waals surface area contributed by atoms with Crippen molar-refractivity contribution in [1.82, 2.24) is 10.2 Å². The molecule has 4 heteroatoms. The van der Waals surface area contributed by atoms with Crippen molar-refractivity contribution in [3.8, 4) is 0 Å². The zero-order valence-electron chi connectivity index (χ0n) is 17.1. The van der Waals surface area contributed by atoms with E-state index in [1.165, 1.54) is 16.7 Å². The molecule has 0 radical (unpaired) electrons. The monoisotopic (exact) mass is 380 g/mol. The molecule has 4 nitrogen and oxygen atoms in total. The number of ether oxygens (including phenoxy) is 1. The molecule has 1 fully saturated rings. The van der Waals surface area contributed by atoms with Gasteiger partial charge in [-0.25, -0.2) is 0 Å². The molecular formula is C24H32N2O2. The van der Waals surface area contributed by atoms with Gasteiger partial charge in [0.1, 0.15) is 0 Å². The molecule has 3 rings (SSSR count). The minimum Gasteiger partial charge on any atom is -0.373 e. The molecule has 1 aliphatic rings. The number of morpholine rings is 1. The van der Waals surface area contributed by atoms with Crippen LogP contribution in [-0.4, -0.2) is 36.1 Å². The molecule has 2 aromatic rings. The fourth-order valence-corrected chi connectivity index (χ4v) is 3.92. The third-order valence-corrected chi connectivity index (χ3v) is 5.20. The summed E-state index contributed by atoms with van der Waals surface area (Å²) in [5, 5.41) is 3.10. The SMILES string of the molecule is C[C@@H]1CN(Cc2ccccc2CNC(=O)CCCc2ccccc2)C[C@H](C)O1. The Morgan fingerprint density at radius 3 is 2.36 bits per heavy atom. The van der Waals surface area contributed by atoms with Crippen LogP contribution in [0.2, 0.25) is 0 Å². The van der Waals surface area contributed by atoms with Crippen LogP contribution >= 0.6 is 0 Å². The lowest BCUT2D eigenvalue weighted by Gasteiger charge is -2.35. The summed E-state index contributed by atoms with van der Waals surface area (Å²) in [5.74, 6) is 0.124. The molecule has 150 valence electrons. The first kappa shape index (κ1) is 20.6. The van der Waals surface area contributed by atoms with E-state index < -0.39 is 0 Å². The summed E-state index contributed by atoms with van der Waals surface area (Å²) in [6.45, 7) is 7.65. The van der Waals surface area contributed by atoms with Crippen LogP contribution < -0.4 is 5.32 Å². The molecule has 0 aromatic heterocycles. The molecule has 1 amide bonds. The lowest BCUT2D eigenvalue weighted by Crippen LogP contribution is -2.45. The molecule has 2 aromatic carbocycles. The average Bonchev–Trinajstić information content (AvgIpc) is 2.67. The minimum atomic E-state index is 0.124. The zero-order chi connectivity index (χ0) is 19.8. The van der Waals surface area contributed by atoms with Crippen molar-refractivity contribution in [2.45, 2.75) is 58.4 Å². The van der Waals surface area contributed by atoms with Gasteiger partial charge in [-0.3, -0.25) is 9.69 Å². The lowest BCUT2D eigenvalue weighted by molar-refractivity contribution is -0.121. The van der Waals surface area contributed by atoms with Crippen LogP contribution in [0, 0.1) is 0 Å². The van der Waals surface area contributed by atoms with Crippen LogP contribution in [0.4, 0.5) is 0 Å². The van der Waals surface area contributed by atoms with E-state index in [0.717, 1.165) is 32.5 Å². The van der Waals surface area contributed by atoms with Crippen LogP contribution in [-0.2, 0) is 29.0 Å². The Kier molecular flexibility index (Phi) is 7.63. The number of hydrogen-bond acceptors (Lipinski definition) is 3. The highest BCUT2D eigenvalue weighted by Crippen LogP contribution is 2.17. The molecule has 1 saturated heterocycles. The van der Waals surface area contributed by atoms with Crippen molar-refractivity contribution < 1.29 is 9.53 Å². The summed E-state index contributed by atoms with van der Waals surface area (Å²) in [6.07, 6.45) is 2.91. The number of rotatable bonds is 8. The van der Waals surface area contributed by atoms with Gasteiger partial charge >= 0.3 is 0 Å². The number of aryl methyl sites for hydroxylation is 1. The van der Waals surface area contributed by atoms with Gasteiger partial charge < -0.3 is 10.1 Å². The second-order valence-electron chi connectivity index (χ2n) is 7.84. The van der Waals surface area contributed by atoms with E-state index in [1.807, 2.05) is 24.3 Å². The minimum absolute atomic E-state index is 0.124. The fourth-order valence-electron chi connectivity index (χ4n) is 3.92. The van der Waals surface area contributed by atoms with E-state index in [9.17, 15) is 4.79 Å². The van der Waals surface area contributed by atoms with E-state index in [1.54, 1.807) is 0 Å². The van der Waals surface area contributed by atoms with Gasteiger partial charge in [-0.05, 0) is 43.4 Å². The summed E-state index contributed by atoms with van der Waals surface area (Å²) in [4.78, 5) is 14.7. The zero-order valence-corrected chi connectivity index (χ0v) is 17.1. The molecule has 1 N–H and O–H groups in total. The Labute approximate surface area is 168 Å². The van der Waals surface area contributed by atoms with Crippen molar-refractivity contribution in [1.29, 1.82) is 0 Å². The first-order chi connectivity index (χ1) is 13.6. The largest absolute Gasteiger partial charge is 0.373 e. The molecule has 28 heavy (non-hydrogen) atoms. The summed E-state index contributed by atoms with van der Waals surface area (Å²) >= 11 is 0. The second-order valence-corrected chi connectivity index (χ2v) is 7.84. The maximum absolute atomic E-state index is 12.3. The van der Waals surface area contributed by atoms with Crippen molar-refractivity contribution >= 4 is 5.91 Å². The van der Waals surface area contributed by atoms with E-state index in [4.69, 9.17) is 4.74 Å². The molecule has 0 spiro atoms. The molecule has 1 aliphatic heterocycles. The highest BCUT2D eigenvalue weighted by molar-refractivity contribution is 5.75. The Morgan fingerprint density at radius 2 is 1.64 bits per heavy atom. The number of hydrogen-bond donors (Lipinski definition) is 1. The molecule has 1 heterocycles. The third-order valence-electron chi connectivity index (χ3n) is 5.20. The Hall–Kier alpha value is -2.17. The van der Waals surface area contributed by atoms with Crippen molar-refractivity contribution in [2.24, 2.45) is 0 Å². The fraction of sp³-hybridized carbons (Fsp3) is 0.458. The van der Waals surface area contributed by atoms with Crippen LogP contribution in [0.1, 0.15) is 43.4 Å². The Morgan fingerprint density at radius 1 is 1.00 bits per heavy atom. The van der Waals surface area contributed by atoms with Gasteiger partial charge in [0.25, 0.3) is 0 Å². The van der Waals surface area contributed by atoms with Gasteiger partial charge in [-0.15, -0.1) is 0 Å². The summed E-state index contributed by atoms with van der Waals surface area (Å²) in [6, 6.07) is 18.7. The van der Waals surface area contributed by atoms with E-state index in [0.29, 0.717) is 13.0 Å². The summed E-state index contributed by atoms with van der Waals surface area (Å²) < 4.78 is 5.83. The smallest absolute Gasteiger partial charge is 0.220 e. The van der Waals surface area contributed by atoms with Crippen molar-refractivity contribution in [3.05, 3.63) is 71.3 Å². The molecule has 0 bridgehead atoms. The number of nitrogens with zero attached hydrogens (tertiary/aromatic N) is 1.